The Balaban J connectivity index is 1.82. The zero-order chi connectivity index (χ0) is 12.8. The van der Waals surface area contributed by atoms with Gasteiger partial charge in [0.15, 0.2) is 0 Å². The van der Waals surface area contributed by atoms with Crippen LogP contribution in [-0.2, 0) is 16.4 Å². The maximum absolute atomic E-state index is 12.0. The first-order valence-electron chi connectivity index (χ1n) is 6.26. The fraction of sp³-hybridized carbons (Fsp3) is 0.583. The second-order valence-electron chi connectivity index (χ2n) is 4.52. The highest BCUT2D eigenvalue weighted by molar-refractivity contribution is 7.90. The minimum atomic E-state index is -3.19. The largest absolute Gasteiger partial charge is 0.315 e. The molecule has 1 aromatic rings. The molecule has 0 amide bonds. The molecule has 0 spiro atoms. The normalized spacial score (nSPS) is 20.8. The van der Waals surface area contributed by atoms with E-state index in [0.717, 1.165) is 24.9 Å². The van der Waals surface area contributed by atoms with E-state index in [0.29, 0.717) is 19.5 Å². The van der Waals surface area contributed by atoms with Crippen molar-refractivity contribution in [2.75, 3.05) is 19.6 Å². The van der Waals surface area contributed by atoms with E-state index in [2.05, 4.69) is 15.0 Å². The van der Waals surface area contributed by atoms with Crippen molar-refractivity contribution in [2.45, 2.75) is 24.5 Å². The molecule has 1 saturated heterocycles. The second kappa shape index (κ2) is 6.26. The second-order valence-corrected chi connectivity index (χ2v) is 6.56. The number of sulfonamides is 1. The van der Waals surface area contributed by atoms with E-state index in [1.165, 1.54) is 0 Å². The average Bonchev–Trinajstić information content (AvgIpc) is 2.41. The van der Waals surface area contributed by atoms with E-state index in [4.69, 9.17) is 0 Å². The molecule has 1 atom stereocenters. The SMILES string of the molecule is O=S(=O)(NCCc1cccnc1)C1CCCNC1. The number of hydrogen-bond acceptors (Lipinski definition) is 4. The van der Waals surface area contributed by atoms with Gasteiger partial charge in [-0.3, -0.25) is 4.98 Å². The fourth-order valence-corrected chi connectivity index (χ4v) is 3.52. The van der Waals surface area contributed by atoms with Crippen LogP contribution in [0.15, 0.2) is 24.5 Å². The highest BCUT2D eigenvalue weighted by atomic mass is 32.2. The smallest absolute Gasteiger partial charge is 0.215 e. The van der Waals surface area contributed by atoms with Gasteiger partial charge in [0.2, 0.25) is 10.0 Å². The van der Waals surface area contributed by atoms with E-state index in [1.807, 2.05) is 12.1 Å². The van der Waals surface area contributed by atoms with E-state index in [9.17, 15) is 8.42 Å². The van der Waals surface area contributed by atoms with E-state index < -0.39 is 10.0 Å². The van der Waals surface area contributed by atoms with Crippen molar-refractivity contribution in [1.29, 1.82) is 0 Å². The predicted octanol–water partition coefficient (Wildman–Crippen LogP) is 0.295. The molecule has 6 heteroatoms. The Hall–Kier alpha value is -0.980. The molecule has 100 valence electrons. The molecule has 1 aliphatic heterocycles. The van der Waals surface area contributed by atoms with Gasteiger partial charge in [0.05, 0.1) is 5.25 Å². The molecule has 1 aliphatic rings. The summed E-state index contributed by atoms with van der Waals surface area (Å²) in [6, 6.07) is 3.80. The molecule has 0 saturated carbocycles. The Bertz CT molecular complexity index is 455. The fourth-order valence-electron chi connectivity index (χ4n) is 2.09. The summed E-state index contributed by atoms with van der Waals surface area (Å²) in [6.07, 6.45) is 5.81. The third kappa shape index (κ3) is 3.76. The topological polar surface area (TPSA) is 71.1 Å². The lowest BCUT2D eigenvalue weighted by molar-refractivity contribution is 0.490. The van der Waals surface area contributed by atoms with Crippen LogP contribution in [0.1, 0.15) is 18.4 Å². The first-order valence-corrected chi connectivity index (χ1v) is 7.81. The molecule has 0 aliphatic carbocycles. The summed E-state index contributed by atoms with van der Waals surface area (Å²) < 4.78 is 26.7. The number of rotatable bonds is 5. The zero-order valence-electron chi connectivity index (χ0n) is 10.3. The average molecular weight is 269 g/mol. The quantitative estimate of drug-likeness (QED) is 0.806. The van der Waals surface area contributed by atoms with Gasteiger partial charge in [-0.2, -0.15) is 0 Å². The molecule has 18 heavy (non-hydrogen) atoms. The summed E-state index contributed by atoms with van der Waals surface area (Å²) in [7, 11) is -3.19. The van der Waals surface area contributed by atoms with Gasteiger partial charge in [-0.15, -0.1) is 0 Å². The molecule has 0 radical (unpaired) electrons. The monoisotopic (exact) mass is 269 g/mol. The zero-order valence-corrected chi connectivity index (χ0v) is 11.1. The number of nitrogens with zero attached hydrogens (tertiary/aromatic N) is 1. The van der Waals surface area contributed by atoms with Crippen molar-refractivity contribution in [3.63, 3.8) is 0 Å². The van der Waals surface area contributed by atoms with Crippen LogP contribution in [-0.4, -0.2) is 38.3 Å². The lowest BCUT2D eigenvalue weighted by Gasteiger charge is -2.22. The summed E-state index contributed by atoms with van der Waals surface area (Å²) in [5.41, 5.74) is 1.04. The predicted molar refractivity (Wildman–Crippen MR) is 70.8 cm³/mol. The molecule has 5 nitrogen and oxygen atoms in total. The van der Waals surface area contributed by atoms with Gasteiger partial charge in [-0.05, 0) is 37.4 Å². The molecule has 0 aromatic carbocycles. The Morgan fingerprint density at radius 3 is 3.06 bits per heavy atom. The van der Waals surface area contributed by atoms with Crippen molar-refractivity contribution < 1.29 is 8.42 Å². The van der Waals surface area contributed by atoms with Gasteiger partial charge in [0.25, 0.3) is 0 Å². The number of nitrogens with one attached hydrogen (secondary N) is 2. The van der Waals surface area contributed by atoms with Gasteiger partial charge in [-0.1, -0.05) is 6.07 Å². The third-order valence-electron chi connectivity index (χ3n) is 3.13. The molecule has 2 rings (SSSR count). The minimum absolute atomic E-state index is 0.292. The van der Waals surface area contributed by atoms with E-state index in [-0.39, 0.29) is 5.25 Å². The number of aromatic nitrogens is 1. The van der Waals surface area contributed by atoms with Gasteiger partial charge >= 0.3 is 0 Å². The molecule has 0 bridgehead atoms. The van der Waals surface area contributed by atoms with Gasteiger partial charge in [-0.25, -0.2) is 13.1 Å². The molecule has 1 fully saturated rings. The standard InChI is InChI=1S/C12H19N3O2S/c16-18(17,12-4-2-7-14-10-12)15-8-5-11-3-1-6-13-9-11/h1,3,6,9,12,14-15H,2,4-5,7-8,10H2. The molecule has 1 aromatic heterocycles. The molecule has 2 heterocycles. The molecular formula is C12H19N3O2S. The van der Waals surface area contributed by atoms with Crippen LogP contribution in [0.25, 0.3) is 0 Å². The summed E-state index contributed by atoms with van der Waals surface area (Å²) in [5, 5.41) is 2.83. The lowest BCUT2D eigenvalue weighted by Crippen LogP contribution is -2.44. The molecular weight excluding hydrogens is 250 g/mol. The third-order valence-corrected chi connectivity index (χ3v) is 5.02. The van der Waals surface area contributed by atoms with Crippen molar-refractivity contribution >= 4 is 10.0 Å². The van der Waals surface area contributed by atoms with E-state index >= 15 is 0 Å². The van der Waals surface area contributed by atoms with Crippen LogP contribution < -0.4 is 10.0 Å². The van der Waals surface area contributed by atoms with Gasteiger partial charge in [0, 0.05) is 25.5 Å². The van der Waals surface area contributed by atoms with Crippen LogP contribution in [0, 0.1) is 0 Å². The van der Waals surface area contributed by atoms with Crippen molar-refractivity contribution in [2.24, 2.45) is 0 Å². The Morgan fingerprint density at radius 2 is 2.39 bits per heavy atom. The summed E-state index contributed by atoms with van der Waals surface area (Å²) in [5.74, 6) is 0. The lowest BCUT2D eigenvalue weighted by atomic mass is 10.2. The first kappa shape index (κ1) is 13.5. The van der Waals surface area contributed by atoms with Crippen LogP contribution in [0.2, 0.25) is 0 Å². The maximum Gasteiger partial charge on any atom is 0.215 e. The van der Waals surface area contributed by atoms with Crippen LogP contribution in [0.3, 0.4) is 0 Å². The maximum atomic E-state index is 12.0. The van der Waals surface area contributed by atoms with E-state index in [1.54, 1.807) is 12.4 Å². The van der Waals surface area contributed by atoms with Crippen molar-refractivity contribution in [1.82, 2.24) is 15.0 Å². The van der Waals surface area contributed by atoms with Crippen LogP contribution in [0.5, 0.6) is 0 Å². The van der Waals surface area contributed by atoms with Crippen LogP contribution >= 0.6 is 0 Å². The Kier molecular flexibility index (Phi) is 4.68. The van der Waals surface area contributed by atoms with Crippen molar-refractivity contribution in [3.05, 3.63) is 30.1 Å². The number of hydrogen-bond donors (Lipinski definition) is 2. The number of piperidine rings is 1. The summed E-state index contributed by atoms with van der Waals surface area (Å²) in [6.45, 7) is 1.91. The summed E-state index contributed by atoms with van der Waals surface area (Å²) >= 11 is 0. The molecule has 1 unspecified atom stereocenters. The Labute approximate surface area is 108 Å². The highest BCUT2D eigenvalue weighted by Crippen LogP contribution is 2.10. The van der Waals surface area contributed by atoms with Crippen LogP contribution in [0.4, 0.5) is 0 Å². The van der Waals surface area contributed by atoms with Gasteiger partial charge in [0.1, 0.15) is 0 Å². The Morgan fingerprint density at radius 1 is 1.50 bits per heavy atom. The first-order chi connectivity index (χ1) is 8.68. The van der Waals surface area contributed by atoms with Gasteiger partial charge < -0.3 is 5.32 Å². The summed E-state index contributed by atoms with van der Waals surface area (Å²) in [4.78, 5) is 4.00. The minimum Gasteiger partial charge on any atom is -0.315 e. The molecule has 2 N–H and O–H groups in total. The number of pyridine rings is 1. The highest BCUT2D eigenvalue weighted by Gasteiger charge is 2.26. The van der Waals surface area contributed by atoms with Crippen molar-refractivity contribution in [3.8, 4) is 0 Å².